The number of thiocarbonyl (C=S) groups is 1. The first kappa shape index (κ1) is 15.4. The van der Waals surface area contributed by atoms with Gasteiger partial charge in [0.25, 0.3) is 5.56 Å². The highest BCUT2D eigenvalue weighted by Gasteiger charge is 2.17. The molecule has 4 nitrogen and oxygen atoms in total. The van der Waals surface area contributed by atoms with Crippen molar-refractivity contribution in [2.75, 3.05) is 5.32 Å². The zero-order valence-corrected chi connectivity index (χ0v) is 13.9. The molecule has 2 rings (SSSR count). The molecule has 0 saturated heterocycles. The minimum atomic E-state index is -0.413. The van der Waals surface area contributed by atoms with E-state index in [2.05, 4.69) is 21.2 Å². The Morgan fingerprint density at radius 1 is 1.33 bits per heavy atom. The van der Waals surface area contributed by atoms with Crippen LogP contribution in [-0.4, -0.2) is 9.68 Å². The normalized spacial score (nSPS) is 10.0. The molecule has 6 heteroatoms. The summed E-state index contributed by atoms with van der Waals surface area (Å²) in [5.74, 6) is 0. The fourth-order valence-corrected chi connectivity index (χ4v) is 2.69. The highest BCUT2D eigenvalue weighted by molar-refractivity contribution is 9.10. The lowest BCUT2D eigenvalue weighted by Crippen LogP contribution is -2.35. The van der Waals surface area contributed by atoms with E-state index in [0.717, 1.165) is 5.69 Å². The van der Waals surface area contributed by atoms with Gasteiger partial charge in [0.2, 0.25) is 0 Å². The Bertz CT molecular complexity index is 806. The van der Waals surface area contributed by atoms with Crippen LogP contribution >= 0.6 is 28.1 Å². The zero-order valence-electron chi connectivity index (χ0n) is 11.5. The van der Waals surface area contributed by atoms with Crippen LogP contribution in [0.5, 0.6) is 0 Å². The molecule has 0 aliphatic carbocycles. The second kappa shape index (κ2) is 6.20. The van der Waals surface area contributed by atoms with Crippen LogP contribution in [0.1, 0.15) is 16.8 Å². The number of para-hydroxylation sites is 1. The SMILES string of the molecule is Cc1c(Br)c(C)n(C(=S)Nc2ccccc2)c(=O)c1C#N. The number of aromatic nitrogens is 1. The van der Waals surface area contributed by atoms with Crippen LogP contribution in [-0.2, 0) is 0 Å². The topological polar surface area (TPSA) is 57.8 Å². The first-order valence-electron chi connectivity index (χ1n) is 6.15. The number of hydrogen-bond donors (Lipinski definition) is 1. The molecule has 21 heavy (non-hydrogen) atoms. The summed E-state index contributed by atoms with van der Waals surface area (Å²) in [6.07, 6.45) is 0. The molecule has 0 aliphatic rings. The third-order valence-corrected chi connectivity index (χ3v) is 4.57. The molecule has 106 valence electrons. The zero-order chi connectivity index (χ0) is 15.6. The van der Waals surface area contributed by atoms with Gasteiger partial charge < -0.3 is 5.32 Å². The first-order chi connectivity index (χ1) is 9.97. The molecule has 0 saturated carbocycles. The van der Waals surface area contributed by atoms with Crippen molar-refractivity contribution in [3.05, 3.63) is 62.0 Å². The van der Waals surface area contributed by atoms with Crippen molar-refractivity contribution in [2.45, 2.75) is 13.8 Å². The fraction of sp³-hybridized carbons (Fsp3) is 0.133. The van der Waals surface area contributed by atoms with Crippen molar-refractivity contribution in [1.29, 1.82) is 5.26 Å². The van der Waals surface area contributed by atoms with Crippen molar-refractivity contribution >= 4 is 38.9 Å². The second-order valence-corrected chi connectivity index (χ2v) is 5.63. The standard InChI is InChI=1S/C15H12BrN3OS/c1-9-12(8-17)14(20)19(10(2)13(9)16)15(21)18-11-6-4-3-5-7-11/h3-7H,1-2H3,(H,18,21). The number of rotatable bonds is 1. The number of anilines is 1. The van der Waals surface area contributed by atoms with Gasteiger partial charge in [0.1, 0.15) is 11.6 Å². The minimum Gasteiger partial charge on any atom is -0.332 e. The summed E-state index contributed by atoms with van der Waals surface area (Å²) in [6.45, 7) is 3.51. The number of pyridine rings is 1. The largest absolute Gasteiger partial charge is 0.332 e. The van der Waals surface area contributed by atoms with E-state index in [-0.39, 0.29) is 10.7 Å². The van der Waals surface area contributed by atoms with E-state index >= 15 is 0 Å². The van der Waals surface area contributed by atoms with Gasteiger partial charge in [0.05, 0.1) is 0 Å². The predicted octanol–water partition coefficient (Wildman–Crippen LogP) is 3.34. The number of halogens is 1. The van der Waals surface area contributed by atoms with Crippen LogP contribution in [0.3, 0.4) is 0 Å². The maximum absolute atomic E-state index is 12.4. The molecule has 0 aliphatic heterocycles. The summed E-state index contributed by atoms with van der Waals surface area (Å²) < 4.78 is 2.04. The van der Waals surface area contributed by atoms with Gasteiger partial charge in [-0.15, -0.1) is 0 Å². The summed E-state index contributed by atoms with van der Waals surface area (Å²) in [7, 11) is 0. The number of nitriles is 1. The summed E-state index contributed by atoms with van der Waals surface area (Å²) >= 11 is 8.72. The molecule has 0 unspecified atom stereocenters. The van der Waals surface area contributed by atoms with E-state index < -0.39 is 5.56 Å². The molecule has 1 aromatic heterocycles. The van der Waals surface area contributed by atoms with Crippen LogP contribution in [0.4, 0.5) is 5.69 Å². The third kappa shape index (κ3) is 2.89. The van der Waals surface area contributed by atoms with Crippen molar-refractivity contribution in [1.82, 2.24) is 4.57 Å². The van der Waals surface area contributed by atoms with E-state index in [1.54, 1.807) is 13.8 Å². The van der Waals surface area contributed by atoms with E-state index in [1.165, 1.54) is 4.57 Å². The van der Waals surface area contributed by atoms with E-state index in [0.29, 0.717) is 15.7 Å². The van der Waals surface area contributed by atoms with Crippen LogP contribution in [0, 0.1) is 25.2 Å². The Hall–Kier alpha value is -1.97. The van der Waals surface area contributed by atoms with Crippen molar-refractivity contribution in [2.24, 2.45) is 0 Å². The first-order valence-corrected chi connectivity index (χ1v) is 7.35. The highest BCUT2D eigenvalue weighted by Crippen LogP contribution is 2.21. The van der Waals surface area contributed by atoms with Crippen molar-refractivity contribution < 1.29 is 0 Å². The fourth-order valence-electron chi connectivity index (χ4n) is 1.98. The Morgan fingerprint density at radius 2 is 1.95 bits per heavy atom. The molecular weight excluding hydrogens is 350 g/mol. The summed E-state index contributed by atoms with van der Waals surface area (Å²) in [4.78, 5) is 12.4. The van der Waals surface area contributed by atoms with Gasteiger partial charge in [0, 0.05) is 15.9 Å². The number of nitrogens with one attached hydrogen (secondary N) is 1. The molecule has 0 radical (unpaired) electrons. The van der Waals surface area contributed by atoms with E-state index in [1.807, 2.05) is 36.4 Å². The molecule has 0 atom stereocenters. The Kier molecular flexibility index (Phi) is 4.56. The van der Waals surface area contributed by atoms with Gasteiger partial charge in [-0.2, -0.15) is 5.26 Å². The summed E-state index contributed by atoms with van der Waals surface area (Å²) in [5.41, 5.74) is 1.74. The van der Waals surface area contributed by atoms with Crippen LogP contribution < -0.4 is 10.9 Å². The molecule has 1 N–H and O–H groups in total. The quantitative estimate of drug-likeness (QED) is 0.791. The molecule has 1 aromatic carbocycles. The Morgan fingerprint density at radius 3 is 2.52 bits per heavy atom. The second-order valence-electron chi connectivity index (χ2n) is 4.45. The van der Waals surface area contributed by atoms with Gasteiger partial charge in [-0.1, -0.05) is 18.2 Å². The third-order valence-electron chi connectivity index (χ3n) is 3.11. The molecular formula is C15H12BrN3OS. The van der Waals surface area contributed by atoms with Gasteiger partial charge in [-0.05, 0) is 59.7 Å². The predicted molar refractivity (Wildman–Crippen MR) is 90.7 cm³/mol. The molecule has 0 bridgehead atoms. The number of hydrogen-bond acceptors (Lipinski definition) is 3. The highest BCUT2D eigenvalue weighted by atomic mass is 79.9. The Balaban J connectivity index is 2.55. The van der Waals surface area contributed by atoms with Gasteiger partial charge in [-0.3, -0.25) is 9.36 Å². The average molecular weight is 362 g/mol. The lowest BCUT2D eigenvalue weighted by molar-refractivity contribution is 0.970. The summed E-state index contributed by atoms with van der Waals surface area (Å²) in [6, 6.07) is 11.3. The maximum Gasteiger partial charge on any atom is 0.275 e. The van der Waals surface area contributed by atoms with Crippen LogP contribution in [0.2, 0.25) is 0 Å². The molecule has 1 heterocycles. The average Bonchev–Trinajstić information content (AvgIpc) is 2.47. The van der Waals surface area contributed by atoms with Gasteiger partial charge in [-0.25, -0.2) is 0 Å². The lowest BCUT2D eigenvalue weighted by atomic mass is 10.1. The number of benzene rings is 1. The van der Waals surface area contributed by atoms with Crippen molar-refractivity contribution in [3.63, 3.8) is 0 Å². The van der Waals surface area contributed by atoms with Crippen LogP contribution in [0.15, 0.2) is 39.6 Å². The Labute approximate surface area is 136 Å². The van der Waals surface area contributed by atoms with Crippen molar-refractivity contribution in [3.8, 4) is 6.07 Å². The minimum absolute atomic E-state index is 0.0877. The van der Waals surface area contributed by atoms with E-state index in [4.69, 9.17) is 17.5 Å². The molecule has 0 amide bonds. The molecule has 0 fully saturated rings. The van der Waals surface area contributed by atoms with E-state index in [9.17, 15) is 4.79 Å². The molecule has 2 aromatic rings. The van der Waals surface area contributed by atoms with Crippen LogP contribution in [0.25, 0.3) is 0 Å². The smallest absolute Gasteiger partial charge is 0.275 e. The maximum atomic E-state index is 12.4. The number of nitrogens with zero attached hydrogens (tertiary/aromatic N) is 2. The van der Waals surface area contributed by atoms with Gasteiger partial charge >= 0.3 is 0 Å². The monoisotopic (exact) mass is 361 g/mol. The molecule has 0 spiro atoms. The summed E-state index contributed by atoms with van der Waals surface area (Å²) in [5, 5.41) is 12.4. The van der Waals surface area contributed by atoms with Gasteiger partial charge in [0.15, 0.2) is 5.11 Å². The lowest BCUT2D eigenvalue weighted by Gasteiger charge is -2.16.